The molecule has 0 radical (unpaired) electrons. The van der Waals surface area contributed by atoms with Crippen LogP contribution in [0.2, 0.25) is 0 Å². The van der Waals surface area contributed by atoms with E-state index in [1.54, 1.807) is 12.4 Å². The molecule has 2 N–H and O–H groups in total. The van der Waals surface area contributed by atoms with Gasteiger partial charge in [-0.05, 0) is 36.0 Å². The first-order valence-electron chi connectivity index (χ1n) is 6.61. The van der Waals surface area contributed by atoms with Crippen molar-refractivity contribution in [1.29, 1.82) is 0 Å². The molecule has 3 aromatic rings. The maximum absolute atomic E-state index is 5.30. The third-order valence-electron chi connectivity index (χ3n) is 3.02. The molecule has 1 aromatic heterocycles. The summed E-state index contributed by atoms with van der Waals surface area (Å²) < 4.78 is 0. The van der Waals surface area contributed by atoms with Crippen molar-refractivity contribution in [1.82, 2.24) is 15.3 Å². The van der Waals surface area contributed by atoms with Gasteiger partial charge in [-0.1, -0.05) is 30.3 Å². The minimum Gasteiger partial charge on any atom is -0.358 e. The number of anilines is 1. The Morgan fingerprint density at radius 3 is 2.52 bits per heavy atom. The van der Waals surface area contributed by atoms with Crippen molar-refractivity contribution in [2.45, 2.75) is 6.54 Å². The number of hydrogen-bond acceptors (Lipinski definition) is 3. The van der Waals surface area contributed by atoms with Crippen molar-refractivity contribution in [2.75, 3.05) is 5.32 Å². The van der Waals surface area contributed by atoms with Crippen molar-refractivity contribution < 1.29 is 0 Å². The highest BCUT2D eigenvalue weighted by Gasteiger charge is 2.01. The normalized spacial score (nSPS) is 10.3. The second kappa shape index (κ2) is 6.28. The van der Waals surface area contributed by atoms with Gasteiger partial charge in [-0.3, -0.25) is 9.97 Å². The molecule has 4 nitrogen and oxygen atoms in total. The highest BCUT2D eigenvalue weighted by Crippen LogP contribution is 2.14. The zero-order valence-electron chi connectivity index (χ0n) is 11.3. The number of benzene rings is 2. The summed E-state index contributed by atoms with van der Waals surface area (Å²) in [7, 11) is 0. The summed E-state index contributed by atoms with van der Waals surface area (Å²) in [4.78, 5) is 8.52. The van der Waals surface area contributed by atoms with Gasteiger partial charge < -0.3 is 10.6 Å². The zero-order valence-corrected chi connectivity index (χ0v) is 12.1. The van der Waals surface area contributed by atoms with Crippen LogP contribution in [0.3, 0.4) is 0 Å². The topological polar surface area (TPSA) is 49.8 Å². The van der Waals surface area contributed by atoms with E-state index in [0.29, 0.717) is 11.7 Å². The molecule has 104 valence electrons. The summed E-state index contributed by atoms with van der Waals surface area (Å²) in [6.45, 7) is 0.695. The van der Waals surface area contributed by atoms with Crippen LogP contribution in [0, 0.1) is 0 Å². The molecule has 0 fully saturated rings. The van der Waals surface area contributed by atoms with E-state index in [2.05, 4.69) is 32.7 Å². The van der Waals surface area contributed by atoms with Gasteiger partial charge in [0.1, 0.15) is 0 Å². The highest BCUT2D eigenvalue weighted by molar-refractivity contribution is 7.80. The lowest BCUT2D eigenvalue weighted by Crippen LogP contribution is -2.27. The number of rotatable bonds is 3. The molecule has 0 aliphatic rings. The van der Waals surface area contributed by atoms with Crippen molar-refractivity contribution in [2.24, 2.45) is 0 Å². The molecule has 0 aliphatic heterocycles. The molecule has 0 unspecified atom stereocenters. The van der Waals surface area contributed by atoms with Crippen LogP contribution in [-0.2, 0) is 6.54 Å². The molecule has 21 heavy (non-hydrogen) atoms. The van der Waals surface area contributed by atoms with Gasteiger partial charge in [0, 0.05) is 24.6 Å². The van der Waals surface area contributed by atoms with Crippen molar-refractivity contribution in [3.63, 3.8) is 0 Å². The largest absolute Gasteiger partial charge is 0.358 e. The minimum atomic E-state index is 0.585. The predicted octanol–water partition coefficient (Wildman–Crippen LogP) is 3.12. The van der Waals surface area contributed by atoms with E-state index >= 15 is 0 Å². The number of thiocarbonyl (C=S) groups is 1. The number of fused-ring (bicyclic) bond motifs is 1. The Morgan fingerprint density at radius 2 is 1.71 bits per heavy atom. The number of aromatic nitrogens is 2. The van der Waals surface area contributed by atoms with E-state index in [1.807, 2.05) is 36.4 Å². The van der Waals surface area contributed by atoms with Gasteiger partial charge in [-0.15, -0.1) is 0 Å². The Morgan fingerprint density at radius 1 is 0.952 bits per heavy atom. The first kappa shape index (κ1) is 13.5. The third kappa shape index (κ3) is 3.52. The summed E-state index contributed by atoms with van der Waals surface area (Å²) in [5, 5.41) is 6.92. The van der Waals surface area contributed by atoms with E-state index in [0.717, 1.165) is 16.7 Å². The molecule has 0 spiro atoms. The van der Waals surface area contributed by atoms with Crippen LogP contribution in [0.5, 0.6) is 0 Å². The molecule has 0 saturated heterocycles. The third-order valence-corrected chi connectivity index (χ3v) is 3.27. The van der Waals surface area contributed by atoms with Crippen LogP contribution in [0.1, 0.15) is 5.56 Å². The highest BCUT2D eigenvalue weighted by atomic mass is 32.1. The minimum absolute atomic E-state index is 0.585. The van der Waals surface area contributed by atoms with Gasteiger partial charge >= 0.3 is 0 Å². The van der Waals surface area contributed by atoms with Crippen LogP contribution in [0.4, 0.5) is 5.69 Å². The van der Waals surface area contributed by atoms with Crippen molar-refractivity contribution in [3.05, 3.63) is 66.5 Å². The standard InChI is InChI=1S/C16H14N4S/c21-16(19-11-12-4-2-1-3-5-12)20-13-6-7-14-15(10-13)18-9-8-17-14/h1-10H,11H2,(H2,19,20,21). The first-order valence-corrected chi connectivity index (χ1v) is 7.02. The SMILES string of the molecule is S=C(NCc1ccccc1)Nc1ccc2nccnc2c1. The van der Waals surface area contributed by atoms with Gasteiger partial charge in [0.05, 0.1) is 11.0 Å². The summed E-state index contributed by atoms with van der Waals surface area (Å²) >= 11 is 5.30. The Hall–Kier alpha value is -2.53. The summed E-state index contributed by atoms with van der Waals surface area (Å²) in [6.07, 6.45) is 3.36. The second-order valence-corrected chi connectivity index (χ2v) is 4.96. The number of hydrogen-bond donors (Lipinski definition) is 2. The monoisotopic (exact) mass is 294 g/mol. The number of nitrogens with one attached hydrogen (secondary N) is 2. The molecule has 2 aromatic carbocycles. The van der Waals surface area contributed by atoms with E-state index < -0.39 is 0 Å². The van der Waals surface area contributed by atoms with Crippen LogP contribution in [0.25, 0.3) is 11.0 Å². The molecular weight excluding hydrogens is 280 g/mol. The average Bonchev–Trinajstić information content (AvgIpc) is 2.54. The summed E-state index contributed by atoms with van der Waals surface area (Å²) in [5.74, 6) is 0. The molecular formula is C16H14N4S. The van der Waals surface area contributed by atoms with Crippen LogP contribution in [-0.4, -0.2) is 15.1 Å². The molecule has 0 atom stereocenters. The molecule has 0 amide bonds. The summed E-state index contributed by atoms with van der Waals surface area (Å²) in [6, 6.07) is 15.9. The van der Waals surface area contributed by atoms with Crippen LogP contribution >= 0.6 is 12.2 Å². The molecule has 5 heteroatoms. The van der Waals surface area contributed by atoms with Crippen LogP contribution < -0.4 is 10.6 Å². The quantitative estimate of drug-likeness (QED) is 0.727. The Bertz CT molecular complexity index is 758. The Kier molecular flexibility index (Phi) is 4.02. The lowest BCUT2D eigenvalue weighted by atomic mass is 10.2. The number of nitrogens with zero attached hydrogens (tertiary/aromatic N) is 2. The van der Waals surface area contributed by atoms with E-state index in [9.17, 15) is 0 Å². The van der Waals surface area contributed by atoms with E-state index in [4.69, 9.17) is 12.2 Å². The lowest BCUT2D eigenvalue weighted by Gasteiger charge is -2.11. The van der Waals surface area contributed by atoms with Crippen molar-refractivity contribution >= 4 is 34.1 Å². The Balaban J connectivity index is 1.63. The fourth-order valence-corrected chi connectivity index (χ4v) is 2.18. The van der Waals surface area contributed by atoms with Gasteiger partial charge in [-0.2, -0.15) is 0 Å². The maximum Gasteiger partial charge on any atom is 0.171 e. The fourth-order valence-electron chi connectivity index (χ4n) is 1.99. The average molecular weight is 294 g/mol. The molecule has 0 bridgehead atoms. The zero-order chi connectivity index (χ0) is 14.5. The first-order chi connectivity index (χ1) is 10.3. The second-order valence-electron chi connectivity index (χ2n) is 4.55. The van der Waals surface area contributed by atoms with Crippen LogP contribution in [0.15, 0.2) is 60.9 Å². The van der Waals surface area contributed by atoms with E-state index in [1.165, 1.54) is 5.56 Å². The molecule has 0 aliphatic carbocycles. The van der Waals surface area contributed by atoms with Gasteiger partial charge in [0.25, 0.3) is 0 Å². The van der Waals surface area contributed by atoms with Gasteiger partial charge in [0.15, 0.2) is 5.11 Å². The van der Waals surface area contributed by atoms with Crippen molar-refractivity contribution in [3.8, 4) is 0 Å². The smallest absolute Gasteiger partial charge is 0.171 e. The van der Waals surface area contributed by atoms with E-state index in [-0.39, 0.29) is 0 Å². The lowest BCUT2D eigenvalue weighted by molar-refractivity contribution is 0.926. The fraction of sp³-hybridized carbons (Fsp3) is 0.0625. The Labute approximate surface area is 128 Å². The maximum atomic E-state index is 5.30. The molecule has 1 heterocycles. The molecule has 0 saturated carbocycles. The molecule has 3 rings (SSSR count). The summed E-state index contributed by atoms with van der Waals surface area (Å²) in [5.41, 5.74) is 3.79. The predicted molar refractivity (Wildman–Crippen MR) is 89.0 cm³/mol. The van der Waals surface area contributed by atoms with Gasteiger partial charge in [-0.25, -0.2) is 0 Å². The van der Waals surface area contributed by atoms with Gasteiger partial charge in [0.2, 0.25) is 0 Å².